The number of pyridine rings is 1. The summed E-state index contributed by atoms with van der Waals surface area (Å²) in [6.45, 7) is 2.13. The third-order valence-corrected chi connectivity index (χ3v) is 5.69. The largest absolute Gasteiger partial charge is 0.369 e. The lowest BCUT2D eigenvalue weighted by atomic mass is 9.89. The SMILES string of the molecule is Cc1cc(C(=O)C2CNc3nccc(-c4cccc(S(C)(=O)=O)c4)c32)no1. The van der Waals surface area contributed by atoms with Gasteiger partial charge in [0.15, 0.2) is 21.3 Å². The average Bonchev–Trinajstić information content (AvgIpc) is 3.26. The maximum Gasteiger partial charge on any atom is 0.194 e. The van der Waals surface area contributed by atoms with E-state index in [1.54, 1.807) is 43.5 Å². The molecule has 138 valence electrons. The van der Waals surface area contributed by atoms with Gasteiger partial charge in [0.2, 0.25) is 0 Å². The molecule has 0 bridgehead atoms. The van der Waals surface area contributed by atoms with Crippen LogP contribution in [0.5, 0.6) is 0 Å². The molecule has 1 aliphatic heterocycles. The molecule has 8 heteroatoms. The van der Waals surface area contributed by atoms with Gasteiger partial charge < -0.3 is 9.84 Å². The first-order valence-corrected chi connectivity index (χ1v) is 10.2. The van der Waals surface area contributed by atoms with Crippen LogP contribution < -0.4 is 5.32 Å². The molecule has 2 aromatic heterocycles. The summed E-state index contributed by atoms with van der Waals surface area (Å²) in [5, 5.41) is 6.98. The van der Waals surface area contributed by atoms with E-state index in [1.165, 1.54) is 6.26 Å². The number of rotatable bonds is 4. The number of hydrogen-bond acceptors (Lipinski definition) is 7. The van der Waals surface area contributed by atoms with Crippen molar-refractivity contribution in [1.29, 1.82) is 0 Å². The number of fused-ring (bicyclic) bond motifs is 1. The Morgan fingerprint density at radius 1 is 1.26 bits per heavy atom. The van der Waals surface area contributed by atoms with E-state index in [0.29, 0.717) is 18.1 Å². The monoisotopic (exact) mass is 383 g/mol. The standard InChI is InChI=1S/C19H17N3O4S/c1-11-8-16(22-26-11)18(23)15-10-21-19-17(15)14(6-7-20-19)12-4-3-5-13(9-12)27(2,24)25/h3-9,15H,10H2,1-2H3,(H,20,21). The molecule has 0 saturated carbocycles. The smallest absolute Gasteiger partial charge is 0.194 e. The van der Waals surface area contributed by atoms with Crippen LogP contribution in [-0.2, 0) is 9.84 Å². The van der Waals surface area contributed by atoms with Gasteiger partial charge in [-0.3, -0.25) is 4.79 Å². The molecule has 1 N–H and O–H groups in total. The molecule has 1 atom stereocenters. The summed E-state index contributed by atoms with van der Waals surface area (Å²) in [5.74, 6) is 0.550. The molecule has 0 fully saturated rings. The molecule has 3 heterocycles. The number of benzene rings is 1. The highest BCUT2D eigenvalue weighted by atomic mass is 32.2. The third kappa shape index (κ3) is 3.12. The van der Waals surface area contributed by atoms with Crippen molar-refractivity contribution < 1.29 is 17.7 Å². The minimum absolute atomic E-state index is 0.161. The summed E-state index contributed by atoms with van der Waals surface area (Å²) >= 11 is 0. The number of aromatic nitrogens is 2. The number of anilines is 1. The fourth-order valence-corrected chi connectivity index (χ4v) is 3.97. The van der Waals surface area contributed by atoms with Crippen molar-refractivity contribution in [2.24, 2.45) is 0 Å². The average molecular weight is 383 g/mol. The van der Waals surface area contributed by atoms with Crippen molar-refractivity contribution in [3.8, 4) is 11.1 Å². The normalized spacial score (nSPS) is 16.0. The topological polar surface area (TPSA) is 102 Å². The second kappa shape index (κ2) is 6.31. The maximum atomic E-state index is 12.9. The highest BCUT2D eigenvalue weighted by Gasteiger charge is 2.34. The number of carbonyl (C=O) groups is 1. The van der Waals surface area contributed by atoms with Crippen LogP contribution in [0.25, 0.3) is 11.1 Å². The molecule has 27 heavy (non-hydrogen) atoms. The van der Waals surface area contributed by atoms with Crippen LogP contribution in [-0.4, -0.2) is 37.1 Å². The van der Waals surface area contributed by atoms with Crippen LogP contribution in [0.1, 0.15) is 27.7 Å². The van der Waals surface area contributed by atoms with Crippen LogP contribution in [0.15, 0.2) is 52.0 Å². The Morgan fingerprint density at radius 3 is 2.78 bits per heavy atom. The van der Waals surface area contributed by atoms with Gasteiger partial charge in [-0.25, -0.2) is 13.4 Å². The molecule has 1 unspecified atom stereocenters. The fraction of sp³-hybridized carbons (Fsp3) is 0.211. The van der Waals surface area contributed by atoms with E-state index in [4.69, 9.17) is 4.52 Å². The van der Waals surface area contributed by atoms with Gasteiger partial charge in [-0.15, -0.1) is 0 Å². The predicted octanol–water partition coefficient (Wildman–Crippen LogP) is 2.84. The first kappa shape index (κ1) is 17.4. The Balaban J connectivity index is 1.82. The highest BCUT2D eigenvalue weighted by Crippen LogP contribution is 2.39. The summed E-state index contributed by atoms with van der Waals surface area (Å²) in [7, 11) is -3.34. The van der Waals surface area contributed by atoms with E-state index in [2.05, 4.69) is 15.5 Å². The zero-order valence-corrected chi connectivity index (χ0v) is 15.6. The lowest BCUT2D eigenvalue weighted by molar-refractivity contribution is 0.0957. The zero-order chi connectivity index (χ0) is 19.2. The number of ketones is 1. The van der Waals surface area contributed by atoms with Gasteiger partial charge in [0, 0.05) is 30.6 Å². The van der Waals surface area contributed by atoms with E-state index in [0.717, 1.165) is 16.7 Å². The van der Waals surface area contributed by atoms with Gasteiger partial charge in [-0.05, 0) is 36.2 Å². The number of aryl methyl sites for hydroxylation is 1. The molecule has 7 nitrogen and oxygen atoms in total. The summed E-state index contributed by atoms with van der Waals surface area (Å²) in [4.78, 5) is 17.5. The van der Waals surface area contributed by atoms with Gasteiger partial charge in [0.25, 0.3) is 0 Å². The Bertz CT molecular complexity index is 1150. The van der Waals surface area contributed by atoms with Gasteiger partial charge in [-0.1, -0.05) is 17.3 Å². The van der Waals surface area contributed by atoms with Crippen molar-refractivity contribution in [1.82, 2.24) is 10.1 Å². The number of nitrogens with one attached hydrogen (secondary N) is 1. The van der Waals surface area contributed by atoms with E-state index >= 15 is 0 Å². The minimum Gasteiger partial charge on any atom is -0.369 e. The number of nitrogens with zero attached hydrogens (tertiary/aromatic N) is 2. The van der Waals surface area contributed by atoms with Crippen molar-refractivity contribution in [3.63, 3.8) is 0 Å². The molecular weight excluding hydrogens is 366 g/mol. The molecule has 0 saturated heterocycles. The van der Waals surface area contributed by atoms with Crippen LogP contribution in [0, 0.1) is 6.92 Å². The fourth-order valence-electron chi connectivity index (χ4n) is 3.30. The number of carbonyl (C=O) groups excluding carboxylic acids is 1. The predicted molar refractivity (Wildman–Crippen MR) is 99.6 cm³/mol. The lowest BCUT2D eigenvalue weighted by Gasteiger charge is -2.13. The summed E-state index contributed by atoms with van der Waals surface area (Å²) in [6, 6.07) is 10.1. The van der Waals surface area contributed by atoms with E-state index in [9.17, 15) is 13.2 Å². The van der Waals surface area contributed by atoms with Crippen molar-refractivity contribution in [2.45, 2.75) is 17.7 Å². The number of hydrogen-bond donors (Lipinski definition) is 1. The minimum atomic E-state index is -3.34. The second-order valence-electron chi connectivity index (χ2n) is 6.54. The Morgan fingerprint density at radius 2 is 2.07 bits per heavy atom. The Hall–Kier alpha value is -3.00. The molecule has 1 aromatic carbocycles. The van der Waals surface area contributed by atoms with Crippen LogP contribution in [0.3, 0.4) is 0 Å². The molecule has 0 spiro atoms. The van der Waals surface area contributed by atoms with Gasteiger partial charge in [0.05, 0.1) is 10.8 Å². The molecule has 0 aliphatic carbocycles. The number of Topliss-reactive ketones (excluding diaryl/α,β-unsaturated/α-hetero) is 1. The maximum absolute atomic E-state index is 12.9. The quantitative estimate of drug-likeness (QED) is 0.691. The van der Waals surface area contributed by atoms with Crippen LogP contribution in [0.2, 0.25) is 0 Å². The molecule has 0 amide bonds. The van der Waals surface area contributed by atoms with E-state index in [-0.39, 0.29) is 16.4 Å². The molecule has 0 radical (unpaired) electrons. The summed E-state index contributed by atoms with van der Waals surface area (Å²) in [5.41, 5.74) is 2.50. The molecular formula is C19H17N3O4S. The van der Waals surface area contributed by atoms with E-state index in [1.807, 2.05) is 6.07 Å². The molecule has 3 aromatic rings. The number of sulfone groups is 1. The highest BCUT2D eigenvalue weighted by molar-refractivity contribution is 7.90. The third-order valence-electron chi connectivity index (χ3n) is 4.58. The lowest BCUT2D eigenvalue weighted by Crippen LogP contribution is -2.15. The van der Waals surface area contributed by atoms with Gasteiger partial charge in [0.1, 0.15) is 11.6 Å². The first-order chi connectivity index (χ1) is 12.8. The Labute approximate surface area is 156 Å². The van der Waals surface area contributed by atoms with Crippen LogP contribution >= 0.6 is 0 Å². The van der Waals surface area contributed by atoms with Crippen molar-refractivity contribution in [3.05, 3.63) is 59.6 Å². The summed E-state index contributed by atoms with van der Waals surface area (Å²) < 4.78 is 28.9. The zero-order valence-electron chi connectivity index (χ0n) is 14.8. The van der Waals surface area contributed by atoms with Gasteiger partial charge in [-0.2, -0.15) is 0 Å². The Kier molecular flexibility index (Phi) is 4.07. The van der Waals surface area contributed by atoms with Crippen molar-refractivity contribution >= 4 is 21.4 Å². The van der Waals surface area contributed by atoms with E-state index < -0.39 is 15.8 Å². The van der Waals surface area contributed by atoms with Crippen molar-refractivity contribution in [2.75, 3.05) is 18.1 Å². The van der Waals surface area contributed by atoms with Gasteiger partial charge >= 0.3 is 0 Å². The van der Waals surface area contributed by atoms with Crippen LogP contribution in [0.4, 0.5) is 5.82 Å². The molecule has 1 aliphatic rings. The molecule has 4 rings (SSSR count). The first-order valence-electron chi connectivity index (χ1n) is 8.35. The second-order valence-corrected chi connectivity index (χ2v) is 8.56. The summed E-state index contributed by atoms with van der Waals surface area (Å²) in [6.07, 6.45) is 2.81.